The molecule has 1 aliphatic heterocycles. The molecule has 1 N–H and O–H groups in total. The van der Waals surface area contributed by atoms with E-state index in [1.54, 1.807) is 18.2 Å². The number of aromatic nitrogens is 1. The molecule has 1 saturated heterocycles. The minimum atomic E-state index is -0.263. The quantitative estimate of drug-likeness (QED) is 0.758. The zero-order chi connectivity index (χ0) is 18.0. The van der Waals surface area contributed by atoms with Crippen molar-refractivity contribution in [3.63, 3.8) is 0 Å². The van der Waals surface area contributed by atoms with Gasteiger partial charge in [0.1, 0.15) is 0 Å². The molecular formula is C17H19BrClN3O2S. The Balaban J connectivity index is 1.63. The number of morpholine rings is 1. The molecule has 1 aromatic heterocycles. The molecule has 0 bridgehead atoms. The van der Waals surface area contributed by atoms with E-state index in [1.807, 2.05) is 5.38 Å². The minimum Gasteiger partial charge on any atom is -0.373 e. The van der Waals surface area contributed by atoms with E-state index in [9.17, 15) is 4.79 Å². The van der Waals surface area contributed by atoms with Crippen LogP contribution in [-0.4, -0.2) is 41.1 Å². The number of anilines is 1. The summed E-state index contributed by atoms with van der Waals surface area (Å²) in [5.74, 6) is -0.263. The number of carbonyl (C=O) groups excluding carboxylic acids is 1. The summed E-state index contributed by atoms with van der Waals surface area (Å²) in [7, 11) is 0. The molecule has 2 heterocycles. The topological polar surface area (TPSA) is 54.5 Å². The third kappa shape index (κ3) is 5.01. The molecule has 1 aliphatic rings. The second-order valence-corrected chi connectivity index (χ2v) is 8.35. The van der Waals surface area contributed by atoms with Gasteiger partial charge in [-0.3, -0.25) is 15.0 Å². The highest BCUT2D eigenvalue weighted by atomic mass is 79.9. The molecule has 3 rings (SSSR count). The zero-order valence-electron chi connectivity index (χ0n) is 14.0. The molecular weight excluding hydrogens is 426 g/mol. The molecule has 0 aliphatic carbocycles. The van der Waals surface area contributed by atoms with Crippen LogP contribution in [0.1, 0.15) is 29.9 Å². The van der Waals surface area contributed by atoms with Gasteiger partial charge in [-0.15, -0.1) is 11.3 Å². The van der Waals surface area contributed by atoms with Crippen molar-refractivity contribution < 1.29 is 9.53 Å². The Morgan fingerprint density at radius 2 is 2.16 bits per heavy atom. The lowest BCUT2D eigenvalue weighted by molar-refractivity contribution is -0.0707. The smallest absolute Gasteiger partial charge is 0.258 e. The summed E-state index contributed by atoms with van der Waals surface area (Å²) in [5.41, 5.74) is 1.37. The van der Waals surface area contributed by atoms with Crippen molar-refractivity contribution in [2.45, 2.75) is 32.6 Å². The van der Waals surface area contributed by atoms with Gasteiger partial charge in [0.25, 0.3) is 5.91 Å². The van der Waals surface area contributed by atoms with E-state index in [0.717, 1.165) is 29.8 Å². The first kappa shape index (κ1) is 18.8. The average Bonchev–Trinajstić information content (AvgIpc) is 2.95. The molecule has 2 unspecified atom stereocenters. The van der Waals surface area contributed by atoms with Gasteiger partial charge < -0.3 is 4.74 Å². The second kappa shape index (κ2) is 8.14. The lowest BCUT2D eigenvalue weighted by Crippen LogP contribution is -2.44. The summed E-state index contributed by atoms with van der Waals surface area (Å²) in [5, 5.41) is 5.78. The lowest BCUT2D eigenvalue weighted by atomic mass is 10.2. The molecule has 1 fully saturated rings. The molecule has 5 nitrogen and oxygen atoms in total. The van der Waals surface area contributed by atoms with Crippen molar-refractivity contribution in [2.75, 3.05) is 18.4 Å². The highest BCUT2D eigenvalue weighted by Crippen LogP contribution is 2.24. The van der Waals surface area contributed by atoms with E-state index in [1.165, 1.54) is 11.3 Å². The first-order chi connectivity index (χ1) is 11.9. The van der Waals surface area contributed by atoms with E-state index in [4.69, 9.17) is 16.3 Å². The summed E-state index contributed by atoms with van der Waals surface area (Å²) in [6.45, 7) is 6.69. The molecule has 1 amide bonds. The molecule has 0 radical (unpaired) electrons. The number of benzene rings is 1. The maximum Gasteiger partial charge on any atom is 0.258 e. The Kier molecular flexibility index (Phi) is 6.12. The monoisotopic (exact) mass is 443 g/mol. The number of rotatable bonds is 4. The normalized spacial score (nSPS) is 21.3. The number of hydrogen-bond donors (Lipinski definition) is 1. The van der Waals surface area contributed by atoms with Gasteiger partial charge in [-0.1, -0.05) is 27.5 Å². The highest BCUT2D eigenvalue weighted by molar-refractivity contribution is 9.10. The number of hydrogen-bond acceptors (Lipinski definition) is 5. The van der Waals surface area contributed by atoms with Crippen LogP contribution in [0.3, 0.4) is 0 Å². The standard InChI is InChI=1S/C17H19BrClN3O2S/c1-10-6-22(7-11(2)24-10)8-13-9-25-17(20-13)21-16(23)14-5-12(18)3-4-15(14)19/h3-5,9-11H,6-8H2,1-2H3,(H,20,21,23). The van der Waals surface area contributed by atoms with Crippen LogP contribution in [0.5, 0.6) is 0 Å². The third-order valence-corrected chi connectivity index (χ3v) is 5.46. The largest absolute Gasteiger partial charge is 0.373 e. The molecule has 0 saturated carbocycles. The number of nitrogens with one attached hydrogen (secondary N) is 1. The highest BCUT2D eigenvalue weighted by Gasteiger charge is 2.23. The third-order valence-electron chi connectivity index (χ3n) is 3.83. The molecule has 2 aromatic rings. The number of halogens is 2. The molecule has 0 spiro atoms. The van der Waals surface area contributed by atoms with Gasteiger partial charge in [-0.25, -0.2) is 4.98 Å². The average molecular weight is 445 g/mol. The van der Waals surface area contributed by atoms with Gasteiger partial charge in [0.15, 0.2) is 5.13 Å². The second-order valence-electron chi connectivity index (χ2n) is 6.17. The summed E-state index contributed by atoms with van der Waals surface area (Å²) in [6.07, 6.45) is 0.445. The van der Waals surface area contributed by atoms with Gasteiger partial charge in [-0.05, 0) is 32.0 Å². The Labute approximate surface area is 164 Å². The first-order valence-electron chi connectivity index (χ1n) is 7.99. The van der Waals surface area contributed by atoms with Crippen LogP contribution in [-0.2, 0) is 11.3 Å². The van der Waals surface area contributed by atoms with E-state index in [-0.39, 0.29) is 18.1 Å². The Bertz CT molecular complexity index is 760. The van der Waals surface area contributed by atoms with Crippen LogP contribution in [0.2, 0.25) is 5.02 Å². The fourth-order valence-electron chi connectivity index (χ4n) is 2.92. The van der Waals surface area contributed by atoms with Crippen LogP contribution in [0.25, 0.3) is 0 Å². The van der Waals surface area contributed by atoms with E-state index < -0.39 is 0 Å². The lowest BCUT2D eigenvalue weighted by Gasteiger charge is -2.34. The predicted molar refractivity (Wildman–Crippen MR) is 105 cm³/mol. The zero-order valence-corrected chi connectivity index (χ0v) is 17.1. The van der Waals surface area contributed by atoms with Crippen molar-refractivity contribution >= 4 is 49.9 Å². The minimum absolute atomic E-state index is 0.222. The number of amides is 1. The molecule has 8 heteroatoms. The van der Waals surface area contributed by atoms with Crippen LogP contribution in [0, 0.1) is 0 Å². The molecule has 134 valence electrons. The van der Waals surface area contributed by atoms with Crippen molar-refractivity contribution in [3.8, 4) is 0 Å². The van der Waals surface area contributed by atoms with Gasteiger partial charge >= 0.3 is 0 Å². The van der Waals surface area contributed by atoms with Crippen LogP contribution >= 0.6 is 38.9 Å². The summed E-state index contributed by atoms with van der Waals surface area (Å²) < 4.78 is 6.55. The number of carbonyl (C=O) groups is 1. The van der Waals surface area contributed by atoms with Crippen molar-refractivity contribution in [3.05, 3.63) is 44.3 Å². The fraction of sp³-hybridized carbons (Fsp3) is 0.412. The molecule has 25 heavy (non-hydrogen) atoms. The summed E-state index contributed by atoms with van der Waals surface area (Å²) in [4.78, 5) is 19.2. The van der Waals surface area contributed by atoms with E-state index in [0.29, 0.717) is 15.7 Å². The van der Waals surface area contributed by atoms with E-state index in [2.05, 4.69) is 45.0 Å². The van der Waals surface area contributed by atoms with Crippen molar-refractivity contribution in [1.82, 2.24) is 9.88 Å². The number of thiazole rings is 1. The number of ether oxygens (including phenoxy) is 1. The number of nitrogens with zero attached hydrogens (tertiary/aromatic N) is 2. The SMILES string of the molecule is CC1CN(Cc2csc(NC(=O)c3cc(Br)ccc3Cl)n2)CC(C)O1. The van der Waals surface area contributed by atoms with Crippen LogP contribution < -0.4 is 5.32 Å². The van der Waals surface area contributed by atoms with Gasteiger partial charge in [0.05, 0.1) is 28.5 Å². The Morgan fingerprint density at radius 3 is 2.88 bits per heavy atom. The van der Waals surface area contributed by atoms with Gasteiger partial charge in [-0.2, -0.15) is 0 Å². The van der Waals surface area contributed by atoms with Crippen LogP contribution in [0.15, 0.2) is 28.1 Å². The van der Waals surface area contributed by atoms with Crippen molar-refractivity contribution in [1.29, 1.82) is 0 Å². The summed E-state index contributed by atoms with van der Waals surface area (Å²) in [6, 6.07) is 5.18. The Hall–Kier alpha value is -0.990. The maximum absolute atomic E-state index is 12.4. The van der Waals surface area contributed by atoms with Gasteiger partial charge in [0, 0.05) is 29.5 Å². The Morgan fingerprint density at radius 1 is 1.44 bits per heavy atom. The predicted octanol–water partition coefficient (Wildman–Crippen LogP) is 4.42. The molecule has 2 atom stereocenters. The first-order valence-corrected chi connectivity index (χ1v) is 10.0. The molecule has 1 aromatic carbocycles. The fourth-order valence-corrected chi connectivity index (χ4v) is 4.18. The van der Waals surface area contributed by atoms with Crippen LogP contribution in [0.4, 0.5) is 5.13 Å². The van der Waals surface area contributed by atoms with E-state index >= 15 is 0 Å². The maximum atomic E-state index is 12.4. The van der Waals surface area contributed by atoms with Gasteiger partial charge in [0.2, 0.25) is 0 Å². The van der Waals surface area contributed by atoms with Crippen molar-refractivity contribution in [2.24, 2.45) is 0 Å². The summed E-state index contributed by atoms with van der Waals surface area (Å²) >= 11 is 10.9.